The normalized spacial score (nSPS) is 15.7. The second-order valence-corrected chi connectivity index (χ2v) is 8.28. The highest BCUT2D eigenvalue weighted by molar-refractivity contribution is 7.99. The largest absolute Gasteiger partial charge is 0.342 e. The smallest absolute Gasteiger partial charge is 0.231 e. The number of nitrogens with one attached hydrogen (secondary N) is 1. The van der Waals surface area contributed by atoms with Crippen LogP contribution in [0.25, 0.3) is 0 Å². The minimum Gasteiger partial charge on any atom is -0.342 e. The van der Waals surface area contributed by atoms with Crippen molar-refractivity contribution in [2.75, 3.05) is 5.75 Å². The molecule has 0 saturated heterocycles. The summed E-state index contributed by atoms with van der Waals surface area (Å²) in [5.41, 5.74) is 1.02. The first-order valence-electron chi connectivity index (χ1n) is 8.95. The van der Waals surface area contributed by atoms with Crippen LogP contribution in [-0.2, 0) is 4.79 Å². The van der Waals surface area contributed by atoms with E-state index >= 15 is 0 Å². The van der Waals surface area contributed by atoms with Crippen LogP contribution in [0.15, 0.2) is 47.1 Å². The molecule has 1 aromatic carbocycles. The van der Waals surface area contributed by atoms with Gasteiger partial charge in [0.1, 0.15) is 11.0 Å². The minimum absolute atomic E-state index is 0.0648. The molecule has 1 N–H and O–H groups in total. The Balaban J connectivity index is 1.41. The van der Waals surface area contributed by atoms with Gasteiger partial charge in [-0.25, -0.2) is 9.67 Å². The van der Waals surface area contributed by atoms with E-state index in [1.165, 1.54) is 35.9 Å². The fraction of sp³-hybridized carbons (Fsp3) is 0.389. The van der Waals surface area contributed by atoms with E-state index in [0.717, 1.165) is 23.4 Å². The standard InChI is InChI=1S/C18H20N6OS2/c25-15(12-27-18-21-22-23-24(18)14-8-4-5-9-14)20-16(17-19-10-11-26-17)13-6-2-1-3-7-13/h1-3,6-7,10-11,14,16H,4-5,8-9,12H2,(H,20,25). The lowest BCUT2D eigenvalue weighted by molar-refractivity contribution is -0.119. The SMILES string of the molecule is O=C(CSc1nnnn1C1CCCC1)NC(c1ccccc1)c1nccs1. The maximum Gasteiger partial charge on any atom is 0.231 e. The van der Waals surface area contributed by atoms with Gasteiger partial charge in [-0.3, -0.25) is 4.79 Å². The molecule has 0 radical (unpaired) electrons. The van der Waals surface area contributed by atoms with E-state index in [2.05, 4.69) is 25.8 Å². The van der Waals surface area contributed by atoms with Gasteiger partial charge in [0.25, 0.3) is 0 Å². The topological polar surface area (TPSA) is 85.6 Å². The third-order valence-electron chi connectivity index (χ3n) is 4.60. The van der Waals surface area contributed by atoms with Crippen molar-refractivity contribution in [3.8, 4) is 0 Å². The van der Waals surface area contributed by atoms with Crippen LogP contribution in [0.4, 0.5) is 0 Å². The number of carbonyl (C=O) groups excluding carboxylic acids is 1. The van der Waals surface area contributed by atoms with Crippen molar-refractivity contribution in [2.24, 2.45) is 0 Å². The predicted molar refractivity (Wildman–Crippen MR) is 105 cm³/mol. The van der Waals surface area contributed by atoms with Crippen molar-refractivity contribution >= 4 is 29.0 Å². The average molecular weight is 401 g/mol. The van der Waals surface area contributed by atoms with Gasteiger partial charge in [0.2, 0.25) is 11.1 Å². The molecule has 140 valence electrons. The van der Waals surface area contributed by atoms with Crippen LogP contribution in [0.5, 0.6) is 0 Å². The summed E-state index contributed by atoms with van der Waals surface area (Å²) in [5, 5.41) is 18.6. The number of aromatic nitrogens is 5. The third-order valence-corrected chi connectivity index (χ3v) is 6.38. The zero-order chi connectivity index (χ0) is 18.5. The molecular weight excluding hydrogens is 380 g/mol. The van der Waals surface area contributed by atoms with Crippen molar-refractivity contribution in [2.45, 2.75) is 42.9 Å². The highest BCUT2D eigenvalue weighted by Crippen LogP contribution is 2.31. The van der Waals surface area contributed by atoms with Gasteiger partial charge < -0.3 is 5.32 Å². The second-order valence-electron chi connectivity index (χ2n) is 6.41. The summed E-state index contributed by atoms with van der Waals surface area (Å²) in [7, 11) is 0. The Bertz CT molecular complexity index is 861. The molecule has 27 heavy (non-hydrogen) atoms. The van der Waals surface area contributed by atoms with Crippen LogP contribution in [-0.4, -0.2) is 36.9 Å². The molecule has 2 aromatic heterocycles. The molecule has 1 saturated carbocycles. The molecule has 7 nitrogen and oxygen atoms in total. The Morgan fingerprint density at radius 1 is 1.30 bits per heavy atom. The highest BCUT2D eigenvalue weighted by atomic mass is 32.2. The number of amides is 1. The Morgan fingerprint density at radius 2 is 2.11 bits per heavy atom. The summed E-state index contributed by atoms with van der Waals surface area (Å²) in [5.74, 6) is 0.201. The summed E-state index contributed by atoms with van der Waals surface area (Å²) in [4.78, 5) is 17.0. The van der Waals surface area contributed by atoms with Crippen molar-refractivity contribution in [3.63, 3.8) is 0 Å². The van der Waals surface area contributed by atoms with E-state index < -0.39 is 0 Å². The monoisotopic (exact) mass is 400 g/mol. The zero-order valence-corrected chi connectivity index (χ0v) is 16.3. The minimum atomic E-state index is -0.245. The first-order valence-corrected chi connectivity index (χ1v) is 10.8. The second kappa shape index (κ2) is 8.62. The number of hydrogen-bond donors (Lipinski definition) is 1. The van der Waals surface area contributed by atoms with Crippen LogP contribution in [0, 0.1) is 0 Å². The van der Waals surface area contributed by atoms with E-state index in [1.54, 1.807) is 6.20 Å². The van der Waals surface area contributed by atoms with Gasteiger partial charge in [-0.2, -0.15) is 0 Å². The molecule has 1 aliphatic carbocycles. The lowest BCUT2D eigenvalue weighted by Crippen LogP contribution is -2.30. The average Bonchev–Trinajstić information content (AvgIpc) is 3.47. The van der Waals surface area contributed by atoms with Gasteiger partial charge in [0.05, 0.1) is 11.8 Å². The highest BCUT2D eigenvalue weighted by Gasteiger charge is 2.23. The molecule has 1 fully saturated rings. The van der Waals surface area contributed by atoms with Crippen LogP contribution in [0.2, 0.25) is 0 Å². The molecule has 1 amide bonds. The molecule has 9 heteroatoms. The zero-order valence-electron chi connectivity index (χ0n) is 14.7. The summed E-state index contributed by atoms with van der Waals surface area (Å²) in [6.45, 7) is 0. The Hall–Kier alpha value is -2.26. The van der Waals surface area contributed by atoms with Crippen molar-refractivity contribution in [1.29, 1.82) is 0 Å². The van der Waals surface area contributed by atoms with Gasteiger partial charge in [0.15, 0.2) is 0 Å². The Labute approximate surface area is 165 Å². The summed E-state index contributed by atoms with van der Waals surface area (Å²) in [6.07, 6.45) is 6.38. The maximum absolute atomic E-state index is 12.6. The number of thioether (sulfide) groups is 1. The predicted octanol–water partition coefficient (Wildman–Crippen LogP) is 3.24. The number of benzene rings is 1. The number of hydrogen-bond acceptors (Lipinski definition) is 7. The molecule has 3 aromatic rings. The van der Waals surface area contributed by atoms with E-state index in [4.69, 9.17) is 0 Å². The van der Waals surface area contributed by atoms with Gasteiger partial charge in [0, 0.05) is 11.6 Å². The fourth-order valence-electron chi connectivity index (χ4n) is 3.30. The Morgan fingerprint density at radius 3 is 2.85 bits per heavy atom. The number of nitrogens with zero attached hydrogens (tertiary/aromatic N) is 5. The van der Waals surface area contributed by atoms with Gasteiger partial charge >= 0.3 is 0 Å². The van der Waals surface area contributed by atoms with E-state index in [-0.39, 0.29) is 17.7 Å². The van der Waals surface area contributed by atoms with Gasteiger partial charge in [-0.1, -0.05) is 54.9 Å². The first kappa shape index (κ1) is 18.1. The molecule has 1 aliphatic rings. The lowest BCUT2D eigenvalue weighted by Gasteiger charge is -2.17. The molecule has 4 rings (SSSR count). The molecule has 0 aliphatic heterocycles. The van der Waals surface area contributed by atoms with Crippen molar-refractivity contribution in [1.82, 2.24) is 30.5 Å². The molecular formula is C18H20N6OS2. The number of rotatable bonds is 7. The number of tetrazole rings is 1. The van der Waals surface area contributed by atoms with Gasteiger partial charge in [-0.05, 0) is 28.8 Å². The van der Waals surface area contributed by atoms with E-state index in [9.17, 15) is 4.79 Å². The number of carbonyl (C=O) groups is 1. The van der Waals surface area contributed by atoms with Crippen LogP contribution in [0.1, 0.15) is 48.3 Å². The van der Waals surface area contributed by atoms with E-state index in [0.29, 0.717) is 11.2 Å². The van der Waals surface area contributed by atoms with Crippen LogP contribution < -0.4 is 5.32 Å². The first-order chi connectivity index (χ1) is 13.3. The lowest BCUT2D eigenvalue weighted by atomic mass is 10.1. The molecule has 1 unspecified atom stereocenters. The molecule has 0 bridgehead atoms. The molecule has 2 heterocycles. The van der Waals surface area contributed by atoms with E-state index in [1.807, 2.05) is 40.4 Å². The van der Waals surface area contributed by atoms with Crippen LogP contribution in [0.3, 0.4) is 0 Å². The third kappa shape index (κ3) is 4.36. The van der Waals surface area contributed by atoms with Crippen molar-refractivity contribution < 1.29 is 4.79 Å². The molecule has 0 spiro atoms. The molecule has 1 atom stereocenters. The summed E-state index contributed by atoms with van der Waals surface area (Å²) in [6, 6.07) is 10.0. The maximum atomic E-state index is 12.6. The summed E-state index contributed by atoms with van der Waals surface area (Å²) < 4.78 is 1.88. The number of thiazole rings is 1. The summed E-state index contributed by atoms with van der Waals surface area (Å²) >= 11 is 2.91. The van der Waals surface area contributed by atoms with Crippen LogP contribution >= 0.6 is 23.1 Å². The van der Waals surface area contributed by atoms with Crippen molar-refractivity contribution in [3.05, 3.63) is 52.5 Å². The quantitative estimate of drug-likeness (QED) is 0.613. The Kier molecular flexibility index (Phi) is 5.78. The fourth-order valence-corrected chi connectivity index (χ4v) is 4.77. The van der Waals surface area contributed by atoms with Gasteiger partial charge in [-0.15, -0.1) is 16.4 Å².